The number of nitrogens with zero attached hydrogens (tertiary/aromatic N) is 7. The van der Waals surface area contributed by atoms with Crippen molar-refractivity contribution in [1.82, 2.24) is 29.3 Å². The van der Waals surface area contributed by atoms with Crippen molar-refractivity contribution in [1.29, 1.82) is 0 Å². The molecule has 3 aliphatic rings. The minimum atomic E-state index is -0.181. The smallest absolute Gasteiger partial charge is 0.230 e. The van der Waals surface area contributed by atoms with Gasteiger partial charge in [-0.25, -0.2) is 24.9 Å². The second-order valence-electron chi connectivity index (χ2n) is 11.4. The van der Waals surface area contributed by atoms with Crippen LogP contribution in [0.3, 0.4) is 0 Å². The van der Waals surface area contributed by atoms with Gasteiger partial charge in [0.2, 0.25) is 11.8 Å². The van der Waals surface area contributed by atoms with Crippen LogP contribution in [-0.2, 0) is 9.59 Å². The number of carbonyl (C=O) groups is 2. The molecule has 7 rings (SSSR count). The molecule has 2 saturated carbocycles. The van der Waals surface area contributed by atoms with Crippen LogP contribution in [0.1, 0.15) is 60.3 Å². The maximum absolute atomic E-state index is 12.9. The second-order valence-corrected chi connectivity index (χ2v) is 11.4. The first-order chi connectivity index (χ1) is 19.2. The summed E-state index contributed by atoms with van der Waals surface area (Å²) in [5.74, 6) is 2.95. The van der Waals surface area contributed by atoms with Gasteiger partial charge in [-0.3, -0.25) is 9.59 Å². The zero-order chi connectivity index (χ0) is 27.7. The van der Waals surface area contributed by atoms with Crippen molar-refractivity contribution >= 4 is 34.8 Å². The van der Waals surface area contributed by atoms with Crippen LogP contribution in [0.4, 0.5) is 17.3 Å². The molecule has 5 atom stereocenters. The Balaban J connectivity index is 1.07. The number of aromatic nitrogens is 6. The number of hydrogen-bond donors (Lipinski definition) is 2. The lowest BCUT2D eigenvalue weighted by Crippen LogP contribution is -2.28. The van der Waals surface area contributed by atoms with Gasteiger partial charge in [0.25, 0.3) is 0 Å². The molecule has 4 aromatic heterocycles. The van der Waals surface area contributed by atoms with E-state index >= 15 is 0 Å². The minimum absolute atomic E-state index is 0.0330. The highest BCUT2D eigenvalue weighted by Gasteiger charge is 2.53. The molecule has 4 unspecified atom stereocenters. The Kier molecular flexibility index (Phi) is 5.58. The first-order valence-electron chi connectivity index (χ1n) is 13.8. The van der Waals surface area contributed by atoms with E-state index in [0.717, 1.165) is 47.7 Å². The van der Waals surface area contributed by atoms with E-state index in [-0.39, 0.29) is 35.6 Å². The van der Waals surface area contributed by atoms with Crippen LogP contribution < -0.4 is 15.5 Å². The summed E-state index contributed by atoms with van der Waals surface area (Å²) in [4.78, 5) is 50.3. The van der Waals surface area contributed by atoms with E-state index in [1.807, 2.05) is 54.6 Å². The van der Waals surface area contributed by atoms with Gasteiger partial charge in [0, 0.05) is 54.6 Å². The zero-order valence-electron chi connectivity index (χ0n) is 22.9. The number of rotatable bonds is 7. The van der Waals surface area contributed by atoms with Gasteiger partial charge in [-0.15, -0.1) is 0 Å². The molecule has 2 amide bonds. The van der Waals surface area contributed by atoms with Crippen molar-refractivity contribution in [2.45, 2.75) is 52.5 Å². The highest BCUT2D eigenvalue weighted by Crippen LogP contribution is 2.48. The average Bonchev–Trinajstić information content (AvgIpc) is 3.80. The standard InChI is InChI=1S/C29H31N9O2/c1-14-7-23(38-12-18-8-19(18)29(38)40)27-35-22(13-37(27)11-14)16(3)32-24-10-25(34-17(4)33-24)36-28(39)21-9-20(21)26-30-6-5-15(2)31-26/h5-7,10-11,13,16,18-21H,8-9,12H2,1-4H3,(H2,32,33,34,36,39)/t16-,18?,19?,20?,21?/m1/s1. The summed E-state index contributed by atoms with van der Waals surface area (Å²) in [5, 5.41) is 6.35. The quantitative estimate of drug-likeness (QED) is 0.365. The van der Waals surface area contributed by atoms with Crippen molar-refractivity contribution in [2.24, 2.45) is 17.8 Å². The Labute approximate surface area is 231 Å². The number of anilines is 3. The second kappa shape index (κ2) is 9.07. The molecular weight excluding hydrogens is 506 g/mol. The molecule has 11 heteroatoms. The van der Waals surface area contributed by atoms with E-state index < -0.39 is 0 Å². The molecular formula is C29H31N9O2. The van der Waals surface area contributed by atoms with Crippen molar-refractivity contribution in [2.75, 3.05) is 22.1 Å². The number of hydrogen-bond acceptors (Lipinski definition) is 8. The normalized spacial score (nSPS) is 23.7. The van der Waals surface area contributed by atoms with Gasteiger partial charge in [-0.05, 0) is 64.2 Å². The van der Waals surface area contributed by atoms with E-state index in [0.29, 0.717) is 29.2 Å². The van der Waals surface area contributed by atoms with Crippen LogP contribution >= 0.6 is 0 Å². The van der Waals surface area contributed by atoms with E-state index in [2.05, 4.69) is 30.6 Å². The first kappa shape index (κ1) is 24.6. The Morgan fingerprint density at radius 2 is 1.85 bits per heavy atom. The molecule has 40 heavy (non-hydrogen) atoms. The summed E-state index contributed by atoms with van der Waals surface area (Å²) in [6, 6.07) is 5.45. The molecule has 4 aromatic rings. The summed E-state index contributed by atoms with van der Waals surface area (Å²) >= 11 is 0. The molecule has 0 spiro atoms. The van der Waals surface area contributed by atoms with Crippen LogP contribution in [0.2, 0.25) is 0 Å². The van der Waals surface area contributed by atoms with Gasteiger partial charge >= 0.3 is 0 Å². The molecule has 2 aliphatic carbocycles. The largest absolute Gasteiger partial charge is 0.362 e. The lowest BCUT2D eigenvalue weighted by Gasteiger charge is -2.19. The molecule has 5 heterocycles. The molecule has 0 aromatic carbocycles. The molecule has 0 radical (unpaired) electrons. The number of pyridine rings is 1. The topological polar surface area (TPSA) is 130 Å². The van der Waals surface area contributed by atoms with Crippen molar-refractivity contribution in [3.05, 3.63) is 65.4 Å². The van der Waals surface area contributed by atoms with Crippen molar-refractivity contribution in [3.63, 3.8) is 0 Å². The molecule has 204 valence electrons. The predicted octanol–water partition coefficient (Wildman–Crippen LogP) is 3.74. The fourth-order valence-electron chi connectivity index (χ4n) is 5.78. The highest BCUT2D eigenvalue weighted by molar-refractivity contribution is 6.02. The summed E-state index contributed by atoms with van der Waals surface area (Å²) in [6.07, 6.45) is 7.49. The Hall–Kier alpha value is -4.41. The van der Waals surface area contributed by atoms with E-state index in [1.165, 1.54) is 0 Å². The van der Waals surface area contributed by atoms with Gasteiger partial charge in [0.1, 0.15) is 23.3 Å². The molecule has 0 bridgehead atoms. The van der Waals surface area contributed by atoms with Crippen LogP contribution in [0.15, 0.2) is 36.8 Å². The number of amides is 2. The van der Waals surface area contributed by atoms with Crippen LogP contribution in [0, 0.1) is 38.5 Å². The van der Waals surface area contributed by atoms with Crippen LogP contribution in [0.25, 0.3) is 5.65 Å². The van der Waals surface area contributed by atoms with Crippen molar-refractivity contribution in [3.8, 4) is 0 Å². The maximum Gasteiger partial charge on any atom is 0.230 e. The third kappa shape index (κ3) is 4.44. The van der Waals surface area contributed by atoms with Gasteiger partial charge in [0.15, 0.2) is 5.65 Å². The number of nitrogens with one attached hydrogen (secondary N) is 2. The van der Waals surface area contributed by atoms with E-state index in [1.54, 1.807) is 19.2 Å². The number of imidazole rings is 1. The minimum Gasteiger partial charge on any atom is -0.362 e. The lowest BCUT2D eigenvalue weighted by atomic mass is 10.2. The van der Waals surface area contributed by atoms with E-state index in [9.17, 15) is 9.59 Å². The van der Waals surface area contributed by atoms with Crippen LogP contribution in [-0.4, -0.2) is 47.7 Å². The summed E-state index contributed by atoms with van der Waals surface area (Å²) in [6.45, 7) is 8.53. The first-order valence-corrected chi connectivity index (χ1v) is 13.8. The third-order valence-corrected chi connectivity index (χ3v) is 8.07. The molecule has 1 aliphatic heterocycles. The maximum atomic E-state index is 12.9. The monoisotopic (exact) mass is 537 g/mol. The van der Waals surface area contributed by atoms with Crippen LogP contribution in [0.5, 0.6) is 0 Å². The van der Waals surface area contributed by atoms with Crippen molar-refractivity contribution < 1.29 is 9.59 Å². The molecule has 2 N–H and O–H groups in total. The number of aryl methyl sites for hydroxylation is 3. The van der Waals surface area contributed by atoms with Gasteiger partial charge < -0.3 is 19.9 Å². The lowest BCUT2D eigenvalue weighted by molar-refractivity contribution is -0.119. The van der Waals surface area contributed by atoms with Gasteiger partial charge in [-0.1, -0.05) is 0 Å². The average molecular weight is 538 g/mol. The fourth-order valence-corrected chi connectivity index (χ4v) is 5.78. The summed E-state index contributed by atoms with van der Waals surface area (Å²) in [5.41, 5.74) is 4.43. The summed E-state index contributed by atoms with van der Waals surface area (Å²) < 4.78 is 2.00. The zero-order valence-corrected chi connectivity index (χ0v) is 22.9. The SMILES string of the molecule is Cc1cc(N2CC3CC3C2=O)c2nc([C@@H](C)Nc3cc(NC(=O)C4CC4c4nccc(C)n4)nc(C)n3)cn2c1. The summed E-state index contributed by atoms with van der Waals surface area (Å²) in [7, 11) is 0. The Morgan fingerprint density at radius 1 is 1.02 bits per heavy atom. The molecule has 1 saturated heterocycles. The Bertz CT molecular complexity index is 1680. The fraction of sp³-hybridized carbons (Fsp3) is 0.414. The Morgan fingerprint density at radius 3 is 2.62 bits per heavy atom. The highest BCUT2D eigenvalue weighted by atomic mass is 16.2. The number of carbonyl (C=O) groups excluding carboxylic acids is 2. The van der Waals surface area contributed by atoms with Gasteiger partial charge in [0.05, 0.1) is 17.4 Å². The van der Waals surface area contributed by atoms with Gasteiger partial charge in [-0.2, -0.15) is 0 Å². The predicted molar refractivity (Wildman–Crippen MR) is 149 cm³/mol. The van der Waals surface area contributed by atoms with E-state index in [4.69, 9.17) is 4.98 Å². The number of piperidine rings is 1. The molecule has 3 fully saturated rings. The third-order valence-electron chi connectivity index (χ3n) is 8.07. The number of fused-ring (bicyclic) bond motifs is 2. The molecule has 11 nitrogen and oxygen atoms in total.